The quantitative estimate of drug-likeness (QED) is 0.185. The van der Waals surface area contributed by atoms with Gasteiger partial charge < -0.3 is 31.4 Å². The molecule has 0 aliphatic rings. The van der Waals surface area contributed by atoms with Gasteiger partial charge in [-0.1, -0.05) is 97.1 Å². The van der Waals surface area contributed by atoms with E-state index in [9.17, 15) is 20.4 Å². The number of hydrogen-bond donors (Lipinski definition) is 0. The van der Waals surface area contributed by atoms with Crippen molar-refractivity contribution in [2.24, 2.45) is 20.0 Å². The molecule has 4 aromatic rings. The van der Waals surface area contributed by atoms with Gasteiger partial charge >= 0.3 is 37.1 Å². The first-order valence-electron chi connectivity index (χ1n) is 12.6. The van der Waals surface area contributed by atoms with E-state index in [1.807, 2.05) is 0 Å². The van der Waals surface area contributed by atoms with Crippen LogP contribution in [0.3, 0.4) is 0 Å². The Hall–Kier alpha value is -4.15. The summed E-state index contributed by atoms with van der Waals surface area (Å²) < 4.78 is 0. The summed E-state index contributed by atoms with van der Waals surface area (Å²) >= 11 is 0. The maximum Gasteiger partial charge on any atom is 4.00 e. The zero-order chi connectivity index (χ0) is 28.4. The summed E-state index contributed by atoms with van der Waals surface area (Å²) in [6.45, 7) is 1.91. The smallest absolute Gasteiger partial charge is 2.00 e. The Kier molecular flexibility index (Phi) is 23.2. The van der Waals surface area contributed by atoms with E-state index in [0.717, 1.165) is 0 Å². The van der Waals surface area contributed by atoms with Gasteiger partial charge in [-0.2, -0.15) is 0 Å². The summed E-state index contributed by atoms with van der Waals surface area (Å²) in [5.41, 5.74) is 2.28. The average Bonchev–Trinajstić information content (AvgIpc) is 2.96. The van der Waals surface area contributed by atoms with E-state index in [2.05, 4.69) is 20.0 Å². The molecular weight excluding hydrogens is 638 g/mol. The molecule has 0 saturated heterocycles. The van der Waals surface area contributed by atoms with Crippen LogP contribution in [-0.2, 0) is 48.1 Å². The molecule has 12 heteroatoms. The van der Waals surface area contributed by atoms with E-state index in [-0.39, 0.29) is 71.1 Å². The van der Waals surface area contributed by atoms with Gasteiger partial charge in [0.25, 0.3) is 0 Å². The Bertz CT molecular complexity index is 1260. The van der Waals surface area contributed by atoms with Crippen molar-refractivity contribution in [3.8, 4) is 23.0 Å². The number of rotatable bonds is 10. The summed E-state index contributed by atoms with van der Waals surface area (Å²) in [7, 11) is 0. The molecule has 0 saturated carbocycles. The molecule has 0 bridgehead atoms. The molecule has 4 rings (SSSR count). The number of benzene rings is 4. The molecule has 222 valence electrons. The van der Waals surface area contributed by atoms with Crippen molar-refractivity contribution >= 4 is 24.9 Å². The second kappa shape index (κ2) is 24.3. The van der Waals surface area contributed by atoms with E-state index in [1.54, 1.807) is 97.7 Å². The monoisotopic (exact) mass is 666 g/mol. The normalized spacial score (nSPS) is 10.4. The second-order valence-corrected chi connectivity index (χ2v) is 8.29. The van der Waals surface area contributed by atoms with Gasteiger partial charge in [0.2, 0.25) is 0 Å². The minimum Gasteiger partial charge on any atom is -2.00 e. The fraction of sp³-hybridized carbons (Fsp3) is 0.125. The van der Waals surface area contributed by atoms with Crippen LogP contribution in [-0.4, -0.2) is 51.0 Å². The van der Waals surface area contributed by atoms with E-state index in [4.69, 9.17) is 0 Å². The standard InChI is InChI=1S/2C16H16N2O2.2O.2V/c2*19-15-7-3-1-5-13(15)11-17-9-10-18-12-14-6-2-4-8-16(14)20;;;;/h2*1-8,11-12,19-20H,9-10H2;;;;/q;;2*-2;2*+4/p-4. The first kappa shape index (κ1) is 42.0. The molecule has 0 atom stereocenters. The first-order chi connectivity index (χ1) is 19.5. The Morgan fingerprint density at radius 1 is 0.364 bits per heavy atom. The Labute approximate surface area is 280 Å². The van der Waals surface area contributed by atoms with Crippen molar-refractivity contribution in [2.45, 2.75) is 0 Å². The molecule has 2 radical (unpaired) electrons. The molecule has 0 aromatic heterocycles. The van der Waals surface area contributed by atoms with Crippen LogP contribution < -0.4 is 20.4 Å². The molecule has 0 amide bonds. The predicted octanol–water partition coefficient (Wildman–Crippen LogP) is 2.50. The number of para-hydroxylation sites is 4. The summed E-state index contributed by atoms with van der Waals surface area (Å²) in [6.07, 6.45) is 6.22. The van der Waals surface area contributed by atoms with Crippen LogP contribution in [0.4, 0.5) is 0 Å². The van der Waals surface area contributed by atoms with Gasteiger partial charge in [-0.15, -0.1) is 23.0 Å². The maximum atomic E-state index is 11.4. The molecule has 0 aliphatic carbocycles. The predicted molar refractivity (Wildman–Crippen MR) is 155 cm³/mol. The van der Waals surface area contributed by atoms with E-state index < -0.39 is 0 Å². The van der Waals surface area contributed by atoms with E-state index >= 15 is 0 Å². The van der Waals surface area contributed by atoms with Gasteiger partial charge in [-0.3, -0.25) is 20.0 Å². The van der Waals surface area contributed by atoms with Gasteiger partial charge in [-0.05, 0) is 22.3 Å². The van der Waals surface area contributed by atoms with Crippen LogP contribution in [0.5, 0.6) is 23.0 Å². The van der Waals surface area contributed by atoms with Gasteiger partial charge in [0.15, 0.2) is 0 Å². The zero-order valence-corrected chi connectivity index (χ0v) is 26.3. The minimum atomic E-state index is -0.0416. The molecule has 0 N–H and O–H groups in total. The zero-order valence-electron chi connectivity index (χ0n) is 23.5. The fourth-order valence-electron chi connectivity index (χ4n) is 3.23. The van der Waals surface area contributed by atoms with Crippen LogP contribution in [0.1, 0.15) is 22.3 Å². The van der Waals surface area contributed by atoms with Crippen molar-refractivity contribution in [3.05, 3.63) is 119 Å². The van der Waals surface area contributed by atoms with Crippen LogP contribution in [0.15, 0.2) is 117 Å². The third-order valence-electron chi connectivity index (χ3n) is 5.31. The summed E-state index contributed by atoms with van der Waals surface area (Å²) in [6, 6.07) is 26.9. The van der Waals surface area contributed by atoms with Gasteiger partial charge in [-0.25, -0.2) is 0 Å². The minimum absolute atomic E-state index is 0. The molecule has 0 aliphatic heterocycles. The van der Waals surface area contributed by atoms with Crippen LogP contribution in [0, 0.1) is 0 Å². The maximum absolute atomic E-state index is 11.4. The summed E-state index contributed by atoms with van der Waals surface area (Å²) in [4.78, 5) is 16.6. The Morgan fingerprint density at radius 3 is 0.727 bits per heavy atom. The number of aliphatic imine (C=N–C) groups is 4. The third-order valence-corrected chi connectivity index (χ3v) is 5.31. The molecule has 0 heterocycles. The van der Waals surface area contributed by atoms with Gasteiger partial charge in [0.05, 0.1) is 26.2 Å². The molecule has 0 fully saturated rings. The molecular formula is C32H28N4O6V2. The van der Waals surface area contributed by atoms with Crippen molar-refractivity contribution in [1.82, 2.24) is 0 Å². The van der Waals surface area contributed by atoms with Crippen LogP contribution >= 0.6 is 0 Å². The van der Waals surface area contributed by atoms with Crippen LogP contribution in [0.2, 0.25) is 0 Å². The summed E-state index contributed by atoms with van der Waals surface area (Å²) in [5, 5.41) is 45.6. The second-order valence-electron chi connectivity index (χ2n) is 8.29. The molecule has 4 aromatic carbocycles. The Morgan fingerprint density at radius 2 is 0.545 bits per heavy atom. The van der Waals surface area contributed by atoms with Crippen molar-refractivity contribution in [3.63, 3.8) is 0 Å². The van der Waals surface area contributed by atoms with E-state index in [0.29, 0.717) is 48.4 Å². The van der Waals surface area contributed by atoms with Crippen LogP contribution in [0.25, 0.3) is 0 Å². The SMILES string of the molecule is [O-2].[O-2].[O-]c1ccccc1C=NCCN=Cc1ccccc1[O-].[O-]c1ccccc1C=NCCN=Cc1ccccc1[O-].[V+4].[V+4]. The van der Waals surface area contributed by atoms with Crippen molar-refractivity contribution < 1.29 is 68.5 Å². The van der Waals surface area contributed by atoms with Crippen molar-refractivity contribution in [2.75, 3.05) is 26.2 Å². The number of hydrogen-bond acceptors (Lipinski definition) is 8. The van der Waals surface area contributed by atoms with E-state index in [1.165, 1.54) is 24.3 Å². The summed E-state index contributed by atoms with van der Waals surface area (Å²) in [5.74, 6) is -0.167. The topological polar surface area (TPSA) is 199 Å². The molecule has 0 unspecified atom stereocenters. The largest absolute Gasteiger partial charge is 4.00 e. The number of nitrogens with zero attached hydrogens (tertiary/aromatic N) is 4. The molecule has 0 spiro atoms. The first-order valence-corrected chi connectivity index (χ1v) is 12.6. The Balaban J connectivity index is 0. The van der Waals surface area contributed by atoms with Crippen molar-refractivity contribution in [1.29, 1.82) is 0 Å². The fourth-order valence-corrected chi connectivity index (χ4v) is 3.23. The molecule has 10 nitrogen and oxygen atoms in total. The third kappa shape index (κ3) is 15.4. The average molecular weight is 666 g/mol. The van der Waals surface area contributed by atoms with Gasteiger partial charge in [0, 0.05) is 24.9 Å². The molecule has 44 heavy (non-hydrogen) atoms. The van der Waals surface area contributed by atoms with Gasteiger partial charge in [0.1, 0.15) is 0 Å².